The van der Waals surface area contributed by atoms with E-state index in [-0.39, 0.29) is 0 Å². The van der Waals surface area contributed by atoms with Gasteiger partial charge in [0.2, 0.25) is 0 Å². The van der Waals surface area contributed by atoms with Gasteiger partial charge in [0.15, 0.2) is 0 Å². The molecule has 0 unspecified atom stereocenters. The van der Waals surface area contributed by atoms with Gasteiger partial charge < -0.3 is 9.64 Å². The van der Waals surface area contributed by atoms with Crippen molar-refractivity contribution in [2.45, 2.75) is 20.1 Å². The molecule has 3 rings (SSSR count). The fourth-order valence-corrected chi connectivity index (χ4v) is 3.47. The van der Waals surface area contributed by atoms with Crippen molar-refractivity contribution >= 4 is 15.9 Å². The SMILES string of the molecule is CCN1CCN(Cc2ccc(OCc3ccccc3)cc2Br)CC1. The van der Waals surface area contributed by atoms with Gasteiger partial charge in [-0.15, -0.1) is 0 Å². The summed E-state index contributed by atoms with van der Waals surface area (Å²) in [5.41, 5.74) is 2.51. The topological polar surface area (TPSA) is 15.7 Å². The second kappa shape index (κ2) is 8.65. The number of piperazine rings is 1. The number of halogens is 1. The van der Waals surface area contributed by atoms with Crippen LogP contribution < -0.4 is 4.74 Å². The van der Waals surface area contributed by atoms with Crippen LogP contribution in [0.25, 0.3) is 0 Å². The Kier molecular flexibility index (Phi) is 6.30. The minimum Gasteiger partial charge on any atom is -0.489 e. The van der Waals surface area contributed by atoms with Crippen LogP contribution >= 0.6 is 15.9 Å². The van der Waals surface area contributed by atoms with E-state index in [0.29, 0.717) is 6.61 Å². The van der Waals surface area contributed by atoms with Crippen LogP contribution in [-0.4, -0.2) is 42.5 Å². The van der Waals surface area contributed by atoms with Gasteiger partial charge in [0.1, 0.15) is 12.4 Å². The maximum absolute atomic E-state index is 5.90. The highest BCUT2D eigenvalue weighted by atomic mass is 79.9. The van der Waals surface area contributed by atoms with Crippen LogP contribution in [0.15, 0.2) is 53.0 Å². The summed E-state index contributed by atoms with van der Waals surface area (Å²) in [4.78, 5) is 5.03. The van der Waals surface area contributed by atoms with Gasteiger partial charge >= 0.3 is 0 Å². The van der Waals surface area contributed by atoms with E-state index < -0.39 is 0 Å². The van der Waals surface area contributed by atoms with Gasteiger partial charge in [0.05, 0.1) is 0 Å². The highest BCUT2D eigenvalue weighted by Gasteiger charge is 2.16. The number of nitrogens with zero attached hydrogens (tertiary/aromatic N) is 2. The molecule has 2 aromatic rings. The Bertz CT molecular complexity index is 639. The second-order valence-corrected chi connectivity index (χ2v) is 7.09. The smallest absolute Gasteiger partial charge is 0.120 e. The van der Waals surface area contributed by atoms with Crippen LogP contribution in [0, 0.1) is 0 Å². The summed E-state index contributed by atoms with van der Waals surface area (Å²) >= 11 is 3.71. The van der Waals surface area contributed by atoms with Gasteiger partial charge in [0, 0.05) is 37.2 Å². The summed E-state index contributed by atoms with van der Waals surface area (Å²) in [7, 11) is 0. The quantitative estimate of drug-likeness (QED) is 0.738. The van der Waals surface area contributed by atoms with E-state index in [4.69, 9.17) is 4.74 Å². The fourth-order valence-electron chi connectivity index (χ4n) is 2.99. The molecule has 0 atom stereocenters. The lowest BCUT2D eigenvalue weighted by Gasteiger charge is -2.34. The molecule has 24 heavy (non-hydrogen) atoms. The molecule has 0 amide bonds. The van der Waals surface area contributed by atoms with Crippen molar-refractivity contribution in [1.82, 2.24) is 9.80 Å². The van der Waals surface area contributed by atoms with Crippen molar-refractivity contribution < 1.29 is 4.74 Å². The lowest BCUT2D eigenvalue weighted by molar-refractivity contribution is 0.131. The average molecular weight is 389 g/mol. The first-order valence-electron chi connectivity index (χ1n) is 8.64. The predicted octanol–water partition coefficient (Wildman–Crippen LogP) is 4.17. The zero-order valence-electron chi connectivity index (χ0n) is 14.2. The molecule has 0 N–H and O–H groups in total. The third kappa shape index (κ3) is 4.82. The lowest BCUT2D eigenvalue weighted by Crippen LogP contribution is -2.45. The normalized spacial score (nSPS) is 16.2. The van der Waals surface area contributed by atoms with Crippen molar-refractivity contribution in [3.05, 3.63) is 64.1 Å². The summed E-state index contributed by atoms with van der Waals surface area (Å²) in [6.45, 7) is 9.63. The van der Waals surface area contributed by atoms with Crippen LogP contribution in [0.1, 0.15) is 18.1 Å². The third-order valence-electron chi connectivity index (χ3n) is 4.58. The zero-order chi connectivity index (χ0) is 16.8. The van der Waals surface area contributed by atoms with Gasteiger partial charge in [-0.05, 0) is 29.8 Å². The number of hydrogen-bond acceptors (Lipinski definition) is 3. The molecule has 4 heteroatoms. The molecule has 1 aliphatic heterocycles. The maximum Gasteiger partial charge on any atom is 0.120 e. The molecule has 128 valence electrons. The van der Waals surface area contributed by atoms with Gasteiger partial charge in [-0.1, -0.05) is 59.3 Å². The summed E-state index contributed by atoms with van der Waals surface area (Å²) in [5, 5.41) is 0. The number of likely N-dealkylation sites (N-methyl/N-ethyl adjacent to an activating group) is 1. The number of ether oxygens (including phenoxy) is 1. The zero-order valence-corrected chi connectivity index (χ0v) is 15.8. The molecular weight excluding hydrogens is 364 g/mol. The van der Waals surface area contributed by atoms with E-state index >= 15 is 0 Å². The fraction of sp³-hybridized carbons (Fsp3) is 0.400. The van der Waals surface area contributed by atoms with E-state index in [1.54, 1.807) is 0 Å². The van der Waals surface area contributed by atoms with Crippen molar-refractivity contribution in [3.8, 4) is 5.75 Å². The molecule has 2 aromatic carbocycles. The molecule has 1 aliphatic rings. The van der Waals surface area contributed by atoms with Gasteiger partial charge in [0.25, 0.3) is 0 Å². The monoisotopic (exact) mass is 388 g/mol. The van der Waals surface area contributed by atoms with E-state index in [1.807, 2.05) is 18.2 Å². The number of hydrogen-bond donors (Lipinski definition) is 0. The highest BCUT2D eigenvalue weighted by Crippen LogP contribution is 2.25. The Morgan fingerprint density at radius 3 is 2.33 bits per heavy atom. The Labute approximate surface area is 153 Å². The number of rotatable bonds is 6. The van der Waals surface area contributed by atoms with Crippen molar-refractivity contribution in [2.24, 2.45) is 0 Å². The van der Waals surface area contributed by atoms with E-state index in [2.05, 4.69) is 63.0 Å². The average Bonchev–Trinajstić information content (AvgIpc) is 2.63. The first-order chi connectivity index (χ1) is 11.7. The Balaban J connectivity index is 1.55. The Morgan fingerprint density at radius 2 is 1.67 bits per heavy atom. The van der Waals surface area contributed by atoms with Crippen LogP contribution in [0.3, 0.4) is 0 Å². The third-order valence-corrected chi connectivity index (χ3v) is 5.32. The second-order valence-electron chi connectivity index (χ2n) is 6.24. The van der Waals surface area contributed by atoms with Gasteiger partial charge in [-0.3, -0.25) is 4.90 Å². The van der Waals surface area contributed by atoms with Crippen LogP contribution in [0.5, 0.6) is 5.75 Å². The standard InChI is InChI=1S/C20H25BrN2O/c1-2-22-10-12-23(13-11-22)15-18-8-9-19(14-20(18)21)24-16-17-6-4-3-5-7-17/h3-9,14H,2,10-13,15-16H2,1H3. The Hall–Kier alpha value is -1.36. The predicted molar refractivity (Wildman–Crippen MR) is 102 cm³/mol. The summed E-state index contributed by atoms with van der Waals surface area (Å²) in [5.74, 6) is 0.908. The Morgan fingerprint density at radius 1 is 0.958 bits per heavy atom. The van der Waals surface area contributed by atoms with E-state index in [1.165, 1.54) is 24.2 Å². The van der Waals surface area contributed by atoms with Gasteiger partial charge in [-0.2, -0.15) is 0 Å². The van der Waals surface area contributed by atoms with Crippen molar-refractivity contribution in [1.29, 1.82) is 0 Å². The molecule has 0 aliphatic carbocycles. The maximum atomic E-state index is 5.90. The number of benzene rings is 2. The molecule has 0 radical (unpaired) electrons. The molecule has 0 saturated carbocycles. The molecule has 0 bridgehead atoms. The molecule has 1 fully saturated rings. The summed E-state index contributed by atoms with van der Waals surface area (Å²) in [6, 6.07) is 16.6. The van der Waals surface area contributed by atoms with Crippen molar-refractivity contribution in [3.63, 3.8) is 0 Å². The summed E-state index contributed by atoms with van der Waals surface area (Å²) in [6.07, 6.45) is 0. The van der Waals surface area contributed by atoms with E-state index in [9.17, 15) is 0 Å². The molecule has 0 aromatic heterocycles. The molecule has 1 saturated heterocycles. The van der Waals surface area contributed by atoms with Crippen LogP contribution in [0.2, 0.25) is 0 Å². The van der Waals surface area contributed by atoms with Crippen molar-refractivity contribution in [2.75, 3.05) is 32.7 Å². The first-order valence-corrected chi connectivity index (χ1v) is 9.44. The van der Waals surface area contributed by atoms with Gasteiger partial charge in [-0.25, -0.2) is 0 Å². The summed E-state index contributed by atoms with van der Waals surface area (Å²) < 4.78 is 7.03. The minimum absolute atomic E-state index is 0.603. The first kappa shape index (κ1) is 17.5. The lowest BCUT2D eigenvalue weighted by atomic mass is 10.2. The molecule has 0 spiro atoms. The highest BCUT2D eigenvalue weighted by molar-refractivity contribution is 9.10. The van der Waals surface area contributed by atoms with E-state index in [0.717, 1.165) is 36.4 Å². The van der Waals surface area contributed by atoms with Crippen LogP contribution in [-0.2, 0) is 13.2 Å². The van der Waals surface area contributed by atoms with Crippen LogP contribution in [0.4, 0.5) is 0 Å². The largest absolute Gasteiger partial charge is 0.489 e. The molecule has 1 heterocycles. The molecular formula is C20H25BrN2O. The molecule has 3 nitrogen and oxygen atoms in total. The minimum atomic E-state index is 0.603.